The Morgan fingerprint density at radius 3 is 3.05 bits per heavy atom. The third kappa shape index (κ3) is 2.96. The predicted octanol–water partition coefficient (Wildman–Crippen LogP) is 2.55. The lowest BCUT2D eigenvalue weighted by Crippen LogP contribution is -2.45. The first-order valence-corrected chi connectivity index (χ1v) is 7.56. The zero-order valence-corrected chi connectivity index (χ0v) is 12.1. The van der Waals surface area contributed by atoms with Crippen LogP contribution in [-0.2, 0) is 6.54 Å². The van der Waals surface area contributed by atoms with Gasteiger partial charge in [0.1, 0.15) is 0 Å². The molecule has 2 aliphatic rings. The molecular weight excluding hydrogens is 255 g/mol. The molecule has 3 nitrogen and oxygen atoms in total. The number of methoxy groups -OCH3 is 1. The lowest BCUT2D eigenvalue weighted by Gasteiger charge is -2.35. The molecule has 2 unspecified atom stereocenters. The van der Waals surface area contributed by atoms with E-state index in [0.29, 0.717) is 11.8 Å². The van der Waals surface area contributed by atoms with Gasteiger partial charge in [-0.15, -0.1) is 0 Å². The Hall–Kier alpha value is -1.13. The van der Waals surface area contributed by atoms with Crippen molar-refractivity contribution in [3.63, 3.8) is 0 Å². The maximum atomic E-state index is 13.6. The molecule has 110 valence electrons. The summed E-state index contributed by atoms with van der Waals surface area (Å²) in [5.74, 6) is 0.0328. The van der Waals surface area contributed by atoms with Crippen molar-refractivity contribution < 1.29 is 9.13 Å². The van der Waals surface area contributed by atoms with Crippen molar-refractivity contribution in [3.05, 3.63) is 29.6 Å². The van der Waals surface area contributed by atoms with Crippen LogP contribution in [-0.4, -0.2) is 37.2 Å². The number of benzene rings is 1. The Morgan fingerprint density at radius 2 is 2.25 bits per heavy atom. The minimum Gasteiger partial charge on any atom is -0.494 e. The van der Waals surface area contributed by atoms with Gasteiger partial charge >= 0.3 is 0 Å². The summed E-state index contributed by atoms with van der Waals surface area (Å²) >= 11 is 0. The van der Waals surface area contributed by atoms with E-state index in [1.807, 2.05) is 6.07 Å². The number of piperidine rings is 1. The quantitative estimate of drug-likeness (QED) is 0.916. The third-order valence-electron chi connectivity index (χ3n) is 4.63. The zero-order valence-electron chi connectivity index (χ0n) is 12.1. The van der Waals surface area contributed by atoms with Gasteiger partial charge < -0.3 is 15.0 Å². The van der Waals surface area contributed by atoms with Gasteiger partial charge in [-0.1, -0.05) is 6.07 Å². The molecule has 0 bridgehead atoms. The molecule has 1 aromatic rings. The smallest absolute Gasteiger partial charge is 0.165 e. The van der Waals surface area contributed by atoms with Crippen LogP contribution >= 0.6 is 0 Å². The number of nitrogens with zero attached hydrogens (tertiary/aromatic N) is 1. The topological polar surface area (TPSA) is 24.5 Å². The Labute approximate surface area is 120 Å². The average Bonchev–Trinajstić information content (AvgIpc) is 2.92. The van der Waals surface area contributed by atoms with Gasteiger partial charge in [-0.05, 0) is 56.5 Å². The van der Waals surface area contributed by atoms with Gasteiger partial charge in [-0.2, -0.15) is 0 Å². The standard InChI is InChI=1S/C16H23FN2O/c1-20-16-5-4-12(9-15(16)17)11-18-13-6-8-19-7-2-3-14(19)10-13/h4-5,9,13-14,18H,2-3,6-8,10-11H2,1H3. The largest absolute Gasteiger partial charge is 0.494 e. The van der Waals surface area contributed by atoms with E-state index in [1.165, 1.54) is 45.9 Å². The van der Waals surface area contributed by atoms with Crippen molar-refractivity contribution in [2.45, 2.75) is 44.3 Å². The van der Waals surface area contributed by atoms with Crippen LogP contribution in [0.5, 0.6) is 5.75 Å². The highest BCUT2D eigenvalue weighted by atomic mass is 19.1. The van der Waals surface area contributed by atoms with E-state index in [1.54, 1.807) is 12.1 Å². The Kier molecular flexibility index (Phi) is 4.22. The first kappa shape index (κ1) is 13.8. The number of ether oxygens (including phenoxy) is 1. The molecule has 0 saturated carbocycles. The fourth-order valence-electron chi connectivity index (χ4n) is 3.49. The van der Waals surface area contributed by atoms with Crippen LogP contribution in [0.25, 0.3) is 0 Å². The van der Waals surface area contributed by atoms with Crippen LogP contribution in [0.4, 0.5) is 4.39 Å². The molecule has 2 atom stereocenters. The second-order valence-corrected chi connectivity index (χ2v) is 5.90. The summed E-state index contributed by atoms with van der Waals surface area (Å²) in [6.07, 6.45) is 5.13. The number of nitrogens with one attached hydrogen (secondary N) is 1. The highest BCUT2D eigenvalue weighted by Gasteiger charge is 2.31. The summed E-state index contributed by atoms with van der Waals surface area (Å²) in [6.45, 7) is 3.22. The Bertz CT molecular complexity index is 466. The van der Waals surface area contributed by atoms with Gasteiger partial charge in [0.2, 0.25) is 0 Å². The Balaban J connectivity index is 1.53. The van der Waals surface area contributed by atoms with E-state index in [4.69, 9.17) is 4.74 Å². The molecule has 1 N–H and O–H groups in total. The van der Waals surface area contributed by atoms with Gasteiger partial charge in [0, 0.05) is 18.6 Å². The van der Waals surface area contributed by atoms with Crippen molar-refractivity contribution in [2.24, 2.45) is 0 Å². The summed E-state index contributed by atoms with van der Waals surface area (Å²) in [4.78, 5) is 2.62. The van der Waals surface area contributed by atoms with Crippen molar-refractivity contribution >= 4 is 0 Å². The molecular formula is C16H23FN2O. The van der Waals surface area contributed by atoms with Crippen LogP contribution in [0.1, 0.15) is 31.2 Å². The number of hydrogen-bond acceptors (Lipinski definition) is 3. The lowest BCUT2D eigenvalue weighted by atomic mass is 9.97. The Morgan fingerprint density at radius 1 is 1.35 bits per heavy atom. The summed E-state index contributed by atoms with van der Waals surface area (Å²) in [7, 11) is 1.49. The maximum Gasteiger partial charge on any atom is 0.165 e. The van der Waals surface area contributed by atoms with Crippen molar-refractivity contribution in [3.8, 4) is 5.75 Å². The SMILES string of the molecule is COc1ccc(CNC2CCN3CCCC3C2)cc1F. The van der Waals surface area contributed by atoms with Crippen molar-refractivity contribution in [1.82, 2.24) is 10.2 Å². The first-order valence-electron chi connectivity index (χ1n) is 7.56. The monoisotopic (exact) mass is 278 g/mol. The first-order chi connectivity index (χ1) is 9.76. The second-order valence-electron chi connectivity index (χ2n) is 5.90. The highest BCUT2D eigenvalue weighted by molar-refractivity contribution is 5.29. The van der Waals surface area contributed by atoms with Crippen LogP contribution in [0, 0.1) is 5.82 Å². The molecule has 0 radical (unpaired) electrons. The average molecular weight is 278 g/mol. The molecule has 20 heavy (non-hydrogen) atoms. The van der Waals surface area contributed by atoms with Crippen molar-refractivity contribution in [1.29, 1.82) is 0 Å². The molecule has 2 saturated heterocycles. The minimum atomic E-state index is -0.280. The van der Waals surface area contributed by atoms with Gasteiger partial charge in [0.05, 0.1) is 7.11 Å². The summed E-state index contributed by atoms with van der Waals surface area (Å²) in [5.41, 5.74) is 0.983. The number of hydrogen-bond donors (Lipinski definition) is 1. The molecule has 0 aliphatic carbocycles. The van der Waals surface area contributed by atoms with Gasteiger partial charge in [-0.25, -0.2) is 4.39 Å². The molecule has 0 aromatic heterocycles. The van der Waals surface area contributed by atoms with Crippen molar-refractivity contribution in [2.75, 3.05) is 20.2 Å². The molecule has 3 rings (SSSR count). The second kappa shape index (κ2) is 6.10. The van der Waals surface area contributed by atoms with E-state index in [0.717, 1.165) is 18.2 Å². The molecule has 2 aliphatic heterocycles. The van der Waals surface area contributed by atoms with E-state index in [-0.39, 0.29) is 5.82 Å². The van der Waals surface area contributed by atoms with Gasteiger partial charge in [0.25, 0.3) is 0 Å². The molecule has 2 fully saturated rings. The predicted molar refractivity (Wildman–Crippen MR) is 77.4 cm³/mol. The van der Waals surface area contributed by atoms with E-state index in [2.05, 4.69) is 10.2 Å². The van der Waals surface area contributed by atoms with Crippen LogP contribution in [0.2, 0.25) is 0 Å². The van der Waals surface area contributed by atoms with E-state index < -0.39 is 0 Å². The lowest BCUT2D eigenvalue weighted by molar-refractivity contribution is 0.166. The molecule has 1 aromatic carbocycles. The third-order valence-corrected chi connectivity index (χ3v) is 4.63. The fourth-order valence-corrected chi connectivity index (χ4v) is 3.49. The summed E-state index contributed by atoms with van der Waals surface area (Å²) < 4.78 is 18.6. The molecule has 0 amide bonds. The molecule has 2 heterocycles. The summed E-state index contributed by atoms with van der Waals surface area (Å²) in [6, 6.07) is 6.54. The number of rotatable bonds is 4. The molecule has 4 heteroatoms. The van der Waals surface area contributed by atoms with E-state index >= 15 is 0 Å². The van der Waals surface area contributed by atoms with Crippen LogP contribution in [0.15, 0.2) is 18.2 Å². The minimum absolute atomic E-state index is 0.280. The normalized spacial score (nSPS) is 26.5. The highest BCUT2D eigenvalue weighted by Crippen LogP contribution is 2.27. The number of halogens is 1. The fraction of sp³-hybridized carbons (Fsp3) is 0.625. The van der Waals surface area contributed by atoms with E-state index in [9.17, 15) is 4.39 Å². The van der Waals surface area contributed by atoms with Gasteiger partial charge in [0.15, 0.2) is 11.6 Å². The number of fused-ring (bicyclic) bond motifs is 1. The van der Waals surface area contributed by atoms with Crippen LogP contribution < -0.4 is 10.1 Å². The molecule has 0 spiro atoms. The summed E-state index contributed by atoms with van der Waals surface area (Å²) in [5, 5.41) is 3.58. The van der Waals surface area contributed by atoms with Crippen LogP contribution in [0.3, 0.4) is 0 Å². The zero-order chi connectivity index (χ0) is 13.9. The van der Waals surface area contributed by atoms with Gasteiger partial charge in [-0.3, -0.25) is 0 Å². The maximum absolute atomic E-state index is 13.6.